The van der Waals surface area contributed by atoms with E-state index in [1.165, 1.54) is 32.3 Å². The summed E-state index contributed by atoms with van der Waals surface area (Å²) in [5, 5.41) is 12.8. The summed E-state index contributed by atoms with van der Waals surface area (Å²) in [5.74, 6) is 0. The molecule has 0 spiro atoms. The van der Waals surface area contributed by atoms with Crippen LogP contribution in [0.15, 0.2) is 425 Å². The van der Waals surface area contributed by atoms with Crippen molar-refractivity contribution in [1.29, 1.82) is 0 Å². The van der Waals surface area contributed by atoms with E-state index >= 15 is 0 Å². The van der Waals surface area contributed by atoms with E-state index in [2.05, 4.69) is 466 Å². The third kappa shape index (κ3) is 11.2. The Labute approximate surface area is 678 Å². The summed E-state index contributed by atoms with van der Waals surface area (Å²) in [5.41, 5.74) is 29.5. The smallest absolute Gasteiger partial charge is 0.0782 e. The summed E-state index contributed by atoms with van der Waals surface area (Å²) >= 11 is 0. The quantitative estimate of drug-likeness (QED) is 0.0964. The Balaban J connectivity index is 0.709. The van der Waals surface area contributed by atoms with Gasteiger partial charge in [0.05, 0.1) is 72.7 Å². The third-order valence-corrected chi connectivity index (χ3v) is 23.8. The Morgan fingerprint density at radius 3 is 1.45 bits per heavy atom. The number of para-hydroxylation sites is 8. The highest BCUT2D eigenvalue weighted by Gasteiger charge is 2.30. The lowest BCUT2D eigenvalue weighted by atomic mass is 9.94. The topological polar surface area (TPSA) is 26.2 Å². The summed E-state index contributed by atoms with van der Waals surface area (Å²) in [6, 6.07) is 152. The molecule has 0 saturated heterocycles. The molecule has 4 heterocycles. The molecule has 0 aliphatic heterocycles. The van der Waals surface area contributed by atoms with Gasteiger partial charge in [-0.05, 0) is 184 Å². The van der Waals surface area contributed by atoms with Gasteiger partial charge in [-0.3, -0.25) is 0 Å². The minimum atomic E-state index is 1.01. The second-order valence-electron chi connectivity index (χ2n) is 30.3. The highest BCUT2D eigenvalue weighted by atomic mass is 15.2. The van der Waals surface area contributed by atoms with Gasteiger partial charge >= 0.3 is 0 Å². The molecule has 0 amide bonds. The number of allylic oxidation sites excluding steroid dienone is 1. The van der Waals surface area contributed by atoms with Crippen molar-refractivity contribution >= 4 is 144 Å². The van der Waals surface area contributed by atoms with Gasteiger partial charge in [0.2, 0.25) is 0 Å². The second kappa shape index (κ2) is 28.3. The monoisotopic (exact) mass is 1490 g/mol. The molecular weight excluding hydrogens is 1420 g/mol. The molecule has 0 unspecified atom stereocenters. The fourth-order valence-corrected chi connectivity index (χ4v) is 18.7. The number of nitrogens with zero attached hydrogens (tertiary/aromatic N) is 6. The van der Waals surface area contributed by atoms with E-state index in [4.69, 9.17) is 0 Å². The van der Waals surface area contributed by atoms with Crippen molar-refractivity contribution in [2.24, 2.45) is 0 Å². The zero-order valence-electron chi connectivity index (χ0n) is 64.4. The highest BCUT2D eigenvalue weighted by Crippen LogP contribution is 2.52. The van der Waals surface area contributed by atoms with E-state index in [-0.39, 0.29) is 0 Å². The number of benzene rings is 18. The predicted octanol–water partition coefficient (Wildman–Crippen LogP) is 30.5. The molecule has 22 rings (SSSR count). The van der Waals surface area contributed by atoms with Crippen LogP contribution in [0.4, 0.5) is 34.1 Å². The first-order chi connectivity index (χ1) is 58.0. The molecule has 550 valence electrons. The molecule has 0 fully saturated rings. The maximum Gasteiger partial charge on any atom is 0.0782 e. The summed E-state index contributed by atoms with van der Waals surface area (Å²) in [4.78, 5) is 5.04. The lowest BCUT2D eigenvalue weighted by molar-refractivity contribution is 1.11. The molecule has 18 aromatic carbocycles. The molecule has 0 radical (unpaired) electrons. The lowest BCUT2D eigenvalue weighted by Crippen LogP contribution is -2.14. The molecular formula is C111H76N6. The first kappa shape index (κ1) is 68.3. The summed E-state index contributed by atoms with van der Waals surface area (Å²) in [7, 11) is 0. The molecule has 0 aliphatic rings. The van der Waals surface area contributed by atoms with Crippen LogP contribution in [0.1, 0.15) is 18.2 Å². The molecule has 6 nitrogen and oxygen atoms in total. The third-order valence-electron chi connectivity index (χ3n) is 23.8. The minimum Gasteiger partial charge on any atom is -0.309 e. The van der Waals surface area contributed by atoms with Crippen molar-refractivity contribution in [2.45, 2.75) is 6.92 Å². The highest BCUT2D eigenvalue weighted by molar-refractivity contribution is 6.18. The SMILES string of the molecule is C=Cc1c(/C=C\C)c2cc(-c3cccc(-n4c5ccccc5c5ccc(N(c6cccc(-c7ccccc7)c6)c6c(-n7c8ccccc8c8ccccc87)ccc7ccccc67)cc54)c3)ccc2n1-c1cc(-c2ccccc2N(c2ccccc2-c2ccccc2)c2cccc3c4ccccc4n(-c4ccccc4)c23)c2ccccc2c1. The number of anilines is 6. The summed E-state index contributed by atoms with van der Waals surface area (Å²) in [6.07, 6.45) is 6.45. The van der Waals surface area contributed by atoms with E-state index in [1.54, 1.807) is 0 Å². The number of hydrogen-bond acceptors (Lipinski definition) is 2. The molecule has 0 aliphatic carbocycles. The average molecular weight is 1490 g/mol. The van der Waals surface area contributed by atoms with Gasteiger partial charge in [0, 0.05) is 88.2 Å². The molecule has 0 bridgehead atoms. The van der Waals surface area contributed by atoms with Gasteiger partial charge in [0.1, 0.15) is 0 Å². The second-order valence-corrected chi connectivity index (χ2v) is 30.3. The van der Waals surface area contributed by atoms with Gasteiger partial charge in [-0.15, -0.1) is 0 Å². The lowest BCUT2D eigenvalue weighted by Gasteiger charge is -2.31. The van der Waals surface area contributed by atoms with Crippen LogP contribution in [0.25, 0.3) is 177 Å². The molecule has 4 aromatic heterocycles. The predicted molar refractivity (Wildman–Crippen MR) is 497 cm³/mol. The van der Waals surface area contributed by atoms with Crippen molar-refractivity contribution in [3.63, 3.8) is 0 Å². The van der Waals surface area contributed by atoms with Gasteiger partial charge in [-0.1, -0.05) is 310 Å². The zero-order valence-corrected chi connectivity index (χ0v) is 64.4. The van der Waals surface area contributed by atoms with E-state index in [9.17, 15) is 0 Å². The van der Waals surface area contributed by atoms with E-state index < -0.39 is 0 Å². The fraction of sp³-hybridized carbons (Fsp3) is 0.00901. The average Bonchev–Trinajstić information content (AvgIpc) is 1.63. The van der Waals surface area contributed by atoms with Crippen molar-refractivity contribution in [3.8, 4) is 67.3 Å². The molecule has 22 aromatic rings. The van der Waals surface area contributed by atoms with Crippen LogP contribution < -0.4 is 9.80 Å². The van der Waals surface area contributed by atoms with Crippen LogP contribution in [-0.4, -0.2) is 18.3 Å². The largest absolute Gasteiger partial charge is 0.309 e. The van der Waals surface area contributed by atoms with Crippen LogP contribution >= 0.6 is 0 Å². The van der Waals surface area contributed by atoms with Crippen LogP contribution in [0.5, 0.6) is 0 Å². The van der Waals surface area contributed by atoms with Crippen molar-refractivity contribution in [1.82, 2.24) is 18.3 Å². The fourth-order valence-electron chi connectivity index (χ4n) is 18.7. The van der Waals surface area contributed by atoms with Crippen molar-refractivity contribution in [3.05, 3.63) is 436 Å². The number of rotatable bonds is 16. The Bertz CT molecular complexity index is 7690. The summed E-state index contributed by atoms with van der Waals surface area (Å²) in [6.45, 7) is 6.74. The van der Waals surface area contributed by atoms with E-state index in [1.807, 2.05) is 6.08 Å². The van der Waals surface area contributed by atoms with Gasteiger partial charge in [-0.25, -0.2) is 0 Å². The first-order valence-electron chi connectivity index (χ1n) is 40.2. The maximum absolute atomic E-state index is 4.62. The Hall–Kier alpha value is -15.5. The van der Waals surface area contributed by atoms with Crippen molar-refractivity contribution < 1.29 is 0 Å². The molecule has 0 saturated carbocycles. The van der Waals surface area contributed by atoms with Crippen LogP contribution in [0.3, 0.4) is 0 Å². The van der Waals surface area contributed by atoms with Crippen LogP contribution in [0, 0.1) is 0 Å². The molecule has 6 heteroatoms. The molecule has 0 atom stereocenters. The maximum atomic E-state index is 4.62. The van der Waals surface area contributed by atoms with Gasteiger partial charge in [0.25, 0.3) is 0 Å². The minimum absolute atomic E-state index is 1.01. The van der Waals surface area contributed by atoms with Crippen LogP contribution in [0.2, 0.25) is 0 Å². The van der Waals surface area contributed by atoms with E-state index in [0.717, 1.165) is 178 Å². The van der Waals surface area contributed by atoms with E-state index in [0.29, 0.717) is 0 Å². The van der Waals surface area contributed by atoms with Crippen LogP contribution in [-0.2, 0) is 0 Å². The van der Waals surface area contributed by atoms with Gasteiger partial charge in [0.15, 0.2) is 0 Å². The Morgan fingerprint density at radius 2 is 0.752 bits per heavy atom. The normalized spacial score (nSPS) is 11.8. The number of fused-ring (bicyclic) bond motifs is 12. The molecule has 117 heavy (non-hydrogen) atoms. The number of hydrogen-bond donors (Lipinski definition) is 0. The standard InChI is InChI=1S/C111H76N6/c1-3-33-89-98-71-79(63-66-106(98)114(99(89)4-2)85-70-80-39-15-16-46-86(80)97(72-85)94-53-23-29-60-105(94)116(100-55-24-18-47-87(100)75-36-10-6-11-37-75)107-61-32-54-96-93-52-22-26-57-102(93)115(111(96)107)81-42-12-7-13-43-81)78-41-31-45-83(69-78)113-101-56-25-19-51-92(101)95-65-64-84(73-109(95)113)112(82-44-30-40-77(68-82)74-34-8-5-9-35-74)110-88-48-17-14-38-76(88)62-67-108(110)117-103-58-27-20-49-90(103)91-50-21-28-59-104(91)117/h3-73H,2H2,1H3/b33-3-. The zero-order chi connectivity index (χ0) is 77.6. The number of aromatic nitrogens is 4. The summed E-state index contributed by atoms with van der Waals surface area (Å²) < 4.78 is 9.84. The first-order valence-corrected chi connectivity index (χ1v) is 40.2. The Kier molecular flexibility index (Phi) is 16.5. The van der Waals surface area contributed by atoms with Gasteiger partial charge in [-0.2, -0.15) is 0 Å². The Morgan fingerprint density at radius 1 is 0.256 bits per heavy atom. The van der Waals surface area contributed by atoms with Crippen molar-refractivity contribution in [2.75, 3.05) is 9.80 Å². The molecule has 0 N–H and O–H groups in total. The van der Waals surface area contributed by atoms with Gasteiger partial charge < -0.3 is 28.1 Å².